The van der Waals surface area contributed by atoms with E-state index in [2.05, 4.69) is 11.7 Å². The van der Waals surface area contributed by atoms with Crippen LogP contribution in [0.15, 0.2) is 24.3 Å². The van der Waals surface area contributed by atoms with Gasteiger partial charge >= 0.3 is 11.9 Å². The first kappa shape index (κ1) is 16.2. The van der Waals surface area contributed by atoms with E-state index < -0.39 is 5.97 Å². The van der Waals surface area contributed by atoms with Crippen molar-refractivity contribution in [2.45, 2.75) is 39.0 Å². The average Bonchev–Trinajstić information content (AvgIpc) is 2.50. The molecule has 0 saturated heterocycles. The molecule has 0 aliphatic heterocycles. The fourth-order valence-electron chi connectivity index (χ4n) is 1.81. The summed E-state index contributed by atoms with van der Waals surface area (Å²) in [6.45, 7) is 2.61. The molecule has 0 unspecified atom stereocenters. The van der Waals surface area contributed by atoms with Gasteiger partial charge in [0.2, 0.25) is 0 Å². The van der Waals surface area contributed by atoms with Crippen molar-refractivity contribution < 1.29 is 19.1 Å². The number of ether oxygens (including phenoxy) is 2. The molecule has 0 amide bonds. The van der Waals surface area contributed by atoms with Gasteiger partial charge in [-0.05, 0) is 30.7 Å². The topological polar surface area (TPSA) is 52.6 Å². The van der Waals surface area contributed by atoms with E-state index in [-0.39, 0.29) is 5.97 Å². The van der Waals surface area contributed by atoms with Crippen LogP contribution in [0, 0.1) is 0 Å². The maximum absolute atomic E-state index is 11.7. The normalized spacial score (nSPS) is 10.1. The Morgan fingerprint density at radius 2 is 1.45 bits per heavy atom. The van der Waals surface area contributed by atoms with Crippen molar-refractivity contribution in [2.75, 3.05) is 13.7 Å². The van der Waals surface area contributed by atoms with Gasteiger partial charge in [0, 0.05) is 0 Å². The molecule has 1 aromatic rings. The molecule has 0 aliphatic carbocycles. The third kappa shape index (κ3) is 5.43. The van der Waals surface area contributed by atoms with Crippen molar-refractivity contribution in [1.29, 1.82) is 0 Å². The molecule has 0 fully saturated rings. The second-order valence-electron chi connectivity index (χ2n) is 4.62. The third-order valence-electron chi connectivity index (χ3n) is 3.02. The molecule has 0 atom stereocenters. The van der Waals surface area contributed by atoms with Gasteiger partial charge in [0.25, 0.3) is 0 Å². The van der Waals surface area contributed by atoms with Crippen LogP contribution in [-0.4, -0.2) is 25.7 Å². The minimum atomic E-state index is -0.416. The molecule has 1 rings (SSSR count). The maximum Gasteiger partial charge on any atom is 0.338 e. The molecule has 0 heterocycles. The van der Waals surface area contributed by atoms with Crippen LogP contribution in [0.3, 0.4) is 0 Å². The fraction of sp³-hybridized carbons (Fsp3) is 0.500. The molecule has 0 N–H and O–H groups in total. The summed E-state index contributed by atoms with van der Waals surface area (Å²) in [5, 5.41) is 0. The zero-order valence-electron chi connectivity index (χ0n) is 12.2. The summed E-state index contributed by atoms with van der Waals surface area (Å²) in [6.07, 6.45) is 5.59. The number of hydrogen-bond acceptors (Lipinski definition) is 4. The van der Waals surface area contributed by atoms with Crippen LogP contribution in [-0.2, 0) is 9.47 Å². The standard InChI is InChI=1S/C16H22O4/c1-3-4-5-6-7-12-20-16(18)14-10-8-13(9-11-14)15(17)19-2/h8-11H,3-7,12H2,1-2H3. The lowest BCUT2D eigenvalue weighted by atomic mass is 10.1. The van der Waals surface area contributed by atoms with E-state index in [0.717, 1.165) is 12.8 Å². The first-order chi connectivity index (χ1) is 9.69. The molecule has 4 nitrogen and oxygen atoms in total. The second-order valence-corrected chi connectivity index (χ2v) is 4.62. The van der Waals surface area contributed by atoms with Crippen molar-refractivity contribution in [3.8, 4) is 0 Å². The average molecular weight is 278 g/mol. The fourth-order valence-corrected chi connectivity index (χ4v) is 1.81. The van der Waals surface area contributed by atoms with Crippen LogP contribution in [0.1, 0.15) is 59.7 Å². The molecule has 110 valence electrons. The lowest BCUT2D eigenvalue weighted by molar-refractivity contribution is 0.0496. The van der Waals surface area contributed by atoms with Crippen molar-refractivity contribution in [3.63, 3.8) is 0 Å². The molecule has 1 aromatic carbocycles. The number of unbranched alkanes of at least 4 members (excludes halogenated alkanes) is 4. The molecule has 20 heavy (non-hydrogen) atoms. The number of methoxy groups -OCH3 is 1. The van der Waals surface area contributed by atoms with Crippen molar-refractivity contribution >= 4 is 11.9 Å². The van der Waals surface area contributed by atoms with Gasteiger partial charge < -0.3 is 9.47 Å². The Bertz CT molecular complexity index is 423. The summed E-state index contributed by atoms with van der Waals surface area (Å²) in [5.41, 5.74) is 0.870. The Morgan fingerprint density at radius 3 is 2.00 bits per heavy atom. The van der Waals surface area contributed by atoms with Gasteiger partial charge in [0.15, 0.2) is 0 Å². The van der Waals surface area contributed by atoms with Gasteiger partial charge in [-0.3, -0.25) is 0 Å². The second kappa shape index (κ2) is 9.13. The predicted octanol–water partition coefficient (Wildman–Crippen LogP) is 3.60. The van der Waals surface area contributed by atoms with Crippen molar-refractivity contribution in [2.24, 2.45) is 0 Å². The first-order valence-corrected chi connectivity index (χ1v) is 7.04. The highest BCUT2D eigenvalue weighted by Crippen LogP contribution is 2.08. The Kier molecular flexibility index (Phi) is 7.40. The van der Waals surface area contributed by atoms with Crippen LogP contribution < -0.4 is 0 Å². The van der Waals surface area contributed by atoms with Crippen LogP contribution >= 0.6 is 0 Å². The molecule has 4 heteroatoms. The number of carbonyl (C=O) groups excluding carboxylic acids is 2. The van der Waals surface area contributed by atoms with Gasteiger partial charge in [-0.1, -0.05) is 32.6 Å². The molecule has 0 aliphatic rings. The number of rotatable bonds is 8. The molecule has 0 aromatic heterocycles. The highest BCUT2D eigenvalue weighted by molar-refractivity contribution is 5.93. The monoisotopic (exact) mass is 278 g/mol. The number of hydrogen-bond donors (Lipinski definition) is 0. The van der Waals surface area contributed by atoms with E-state index in [9.17, 15) is 9.59 Å². The lowest BCUT2D eigenvalue weighted by Crippen LogP contribution is -2.07. The van der Waals surface area contributed by atoms with E-state index in [1.807, 2.05) is 0 Å². The summed E-state index contributed by atoms with van der Waals surface area (Å²) in [6, 6.07) is 6.27. The molecule has 0 saturated carbocycles. The molecule has 0 bridgehead atoms. The predicted molar refractivity (Wildman–Crippen MR) is 76.8 cm³/mol. The zero-order valence-corrected chi connectivity index (χ0v) is 12.2. The summed E-state index contributed by atoms with van der Waals surface area (Å²) >= 11 is 0. The first-order valence-electron chi connectivity index (χ1n) is 7.04. The van der Waals surface area contributed by atoms with E-state index in [1.165, 1.54) is 26.4 Å². The number of carbonyl (C=O) groups is 2. The summed E-state index contributed by atoms with van der Waals surface area (Å²) in [5.74, 6) is -0.766. The maximum atomic E-state index is 11.7. The van der Waals surface area contributed by atoms with Crippen LogP contribution in [0.5, 0.6) is 0 Å². The Hall–Kier alpha value is -1.84. The minimum absolute atomic E-state index is 0.350. The van der Waals surface area contributed by atoms with Gasteiger partial charge in [-0.2, -0.15) is 0 Å². The Morgan fingerprint density at radius 1 is 0.900 bits per heavy atom. The quantitative estimate of drug-likeness (QED) is 0.538. The zero-order chi connectivity index (χ0) is 14.8. The molecular weight excluding hydrogens is 256 g/mol. The Balaban J connectivity index is 2.34. The summed E-state index contributed by atoms with van der Waals surface area (Å²) in [4.78, 5) is 23.0. The smallest absolute Gasteiger partial charge is 0.338 e. The Labute approximate surface area is 120 Å². The van der Waals surface area contributed by atoms with Crippen LogP contribution in [0.25, 0.3) is 0 Å². The van der Waals surface area contributed by atoms with Gasteiger partial charge in [0.1, 0.15) is 0 Å². The van der Waals surface area contributed by atoms with Crippen LogP contribution in [0.4, 0.5) is 0 Å². The molecular formula is C16H22O4. The van der Waals surface area contributed by atoms with Gasteiger partial charge in [-0.15, -0.1) is 0 Å². The van der Waals surface area contributed by atoms with Crippen molar-refractivity contribution in [1.82, 2.24) is 0 Å². The molecule has 0 spiro atoms. The van der Waals surface area contributed by atoms with E-state index >= 15 is 0 Å². The van der Waals surface area contributed by atoms with Crippen molar-refractivity contribution in [3.05, 3.63) is 35.4 Å². The number of benzene rings is 1. The highest BCUT2D eigenvalue weighted by Gasteiger charge is 2.09. The van der Waals surface area contributed by atoms with Gasteiger partial charge in [-0.25, -0.2) is 9.59 Å². The molecule has 0 radical (unpaired) electrons. The van der Waals surface area contributed by atoms with Gasteiger partial charge in [0.05, 0.1) is 24.8 Å². The van der Waals surface area contributed by atoms with E-state index in [0.29, 0.717) is 17.7 Å². The lowest BCUT2D eigenvalue weighted by Gasteiger charge is -2.05. The summed E-state index contributed by atoms with van der Waals surface area (Å²) < 4.78 is 9.77. The third-order valence-corrected chi connectivity index (χ3v) is 3.02. The minimum Gasteiger partial charge on any atom is -0.465 e. The highest BCUT2D eigenvalue weighted by atomic mass is 16.5. The van der Waals surface area contributed by atoms with Crippen LogP contribution in [0.2, 0.25) is 0 Å². The largest absolute Gasteiger partial charge is 0.465 e. The SMILES string of the molecule is CCCCCCCOC(=O)c1ccc(C(=O)OC)cc1. The van der Waals surface area contributed by atoms with E-state index in [4.69, 9.17) is 4.74 Å². The number of esters is 2. The summed E-state index contributed by atoms with van der Waals surface area (Å²) in [7, 11) is 1.32. The van der Waals surface area contributed by atoms with E-state index in [1.54, 1.807) is 24.3 Å².